The van der Waals surface area contributed by atoms with E-state index >= 15 is 0 Å². The van der Waals surface area contributed by atoms with Crippen molar-refractivity contribution in [2.24, 2.45) is 0 Å². The summed E-state index contributed by atoms with van der Waals surface area (Å²) in [6.45, 7) is 8.56. The van der Waals surface area contributed by atoms with E-state index in [1.165, 1.54) is 24.0 Å². The first-order valence-electron chi connectivity index (χ1n) is 3.92. The summed E-state index contributed by atoms with van der Waals surface area (Å²) in [6, 6.07) is 0. The van der Waals surface area contributed by atoms with Crippen LogP contribution in [0.4, 0.5) is 0 Å². The lowest BCUT2D eigenvalue weighted by Gasteiger charge is -1.95. The lowest BCUT2D eigenvalue weighted by molar-refractivity contribution is 0.964. The Morgan fingerprint density at radius 3 is 2.20 bits per heavy atom. The standard InChI is InChI=1S/C10H18/c1-5-10(4)8-6-7-9(2)3/h5,7H,6,8H2,1-4H3. The van der Waals surface area contributed by atoms with Gasteiger partial charge in [0.15, 0.2) is 0 Å². The third-order valence-electron chi connectivity index (χ3n) is 1.58. The maximum atomic E-state index is 2.28. The fraction of sp³-hybridized carbons (Fsp3) is 0.600. The first kappa shape index (κ1) is 9.48. The van der Waals surface area contributed by atoms with E-state index in [0.717, 1.165) is 0 Å². The molecule has 0 heterocycles. The average molecular weight is 138 g/mol. The van der Waals surface area contributed by atoms with Crippen molar-refractivity contribution in [2.75, 3.05) is 0 Å². The van der Waals surface area contributed by atoms with Crippen LogP contribution in [0.15, 0.2) is 23.3 Å². The van der Waals surface area contributed by atoms with E-state index in [2.05, 4.69) is 39.8 Å². The Morgan fingerprint density at radius 2 is 1.80 bits per heavy atom. The summed E-state index contributed by atoms with van der Waals surface area (Å²) in [4.78, 5) is 0. The molecule has 0 aliphatic rings. The van der Waals surface area contributed by atoms with Gasteiger partial charge in [0.25, 0.3) is 0 Å². The van der Waals surface area contributed by atoms with E-state index in [-0.39, 0.29) is 0 Å². The molecule has 0 fully saturated rings. The topological polar surface area (TPSA) is 0 Å². The smallest absolute Gasteiger partial charge is 0.0288 e. The summed E-state index contributed by atoms with van der Waals surface area (Å²) < 4.78 is 0. The van der Waals surface area contributed by atoms with Gasteiger partial charge in [-0.25, -0.2) is 0 Å². The van der Waals surface area contributed by atoms with Crippen molar-refractivity contribution in [2.45, 2.75) is 40.5 Å². The predicted octanol–water partition coefficient (Wildman–Crippen LogP) is 3.70. The van der Waals surface area contributed by atoms with Gasteiger partial charge >= 0.3 is 0 Å². The highest BCUT2D eigenvalue weighted by molar-refractivity contribution is 5.00. The minimum atomic E-state index is 1.19. The molecule has 0 aromatic rings. The molecule has 58 valence electrons. The van der Waals surface area contributed by atoms with Crippen molar-refractivity contribution in [3.8, 4) is 0 Å². The molecular weight excluding hydrogens is 120 g/mol. The van der Waals surface area contributed by atoms with Crippen LogP contribution in [0.1, 0.15) is 40.5 Å². The lowest BCUT2D eigenvalue weighted by Crippen LogP contribution is -1.74. The fourth-order valence-electron chi connectivity index (χ4n) is 0.733. The first-order chi connectivity index (χ1) is 4.66. The zero-order valence-electron chi connectivity index (χ0n) is 7.57. The van der Waals surface area contributed by atoms with Crippen molar-refractivity contribution in [1.82, 2.24) is 0 Å². The molecule has 0 N–H and O–H groups in total. The van der Waals surface area contributed by atoms with Gasteiger partial charge in [0, 0.05) is 0 Å². The van der Waals surface area contributed by atoms with E-state index in [0.29, 0.717) is 0 Å². The van der Waals surface area contributed by atoms with Gasteiger partial charge in [0.1, 0.15) is 0 Å². The van der Waals surface area contributed by atoms with Gasteiger partial charge in [-0.15, -0.1) is 0 Å². The number of hydrogen-bond donors (Lipinski definition) is 0. The summed E-state index contributed by atoms with van der Waals surface area (Å²) >= 11 is 0. The maximum Gasteiger partial charge on any atom is -0.0288 e. The largest absolute Gasteiger partial charge is 0.0887 e. The highest BCUT2D eigenvalue weighted by Crippen LogP contribution is 2.05. The van der Waals surface area contributed by atoms with E-state index < -0.39 is 0 Å². The second-order valence-corrected chi connectivity index (χ2v) is 2.96. The normalized spacial score (nSPS) is 11.4. The minimum Gasteiger partial charge on any atom is -0.0887 e. The van der Waals surface area contributed by atoms with Crippen LogP contribution in [0.25, 0.3) is 0 Å². The van der Waals surface area contributed by atoms with Crippen molar-refractivity contribution >= 4 is 0 Å². The molecule has 0 spiro atoms. The SMILES string of the molecule is CC=C(C)CCC=C(C)C. The van der Waals surface area contributed by atoms with Crippen molar-refractivity contribution < 1.29 is 0 Å². The van der Waals surface area contributed by atoms with Crippen LogP contribution in [-0.2, 0) is 0 Å². The third kappa shape index (κ3) is 5.61. The van der Waals surface area contributed by atoms with Crippen LogP contribution < -0.4 is 0 Å². The van der Waals surface area contributed by atoms with Gasteiger partial charge in [0.2, 0.25) is 0 Å². The van der Waals surface area contributed by atoms with E-state index in [9.17, 15) is 0 Å². The second kappa shape index (κ2) is 5.28. The van der Waals surface area contributed by atoms with Crippen LogP contribution in [0.2, 0.25) is 0 Å². The molecular formula is C10H18. The van der Waals surface area contributed by atoms with E-state index in [1.807, 2.05) is 0 Å². The first-order valence-corrected chi connectivity index (χ1v) is 3.92. The molecule has 0 amide bonds. The Bertz CT molecular complexity index is 134. The Balaban J connectivity index is 3.47. The Labute approximate surface area is 64.6 Å². The molecule has 0 rings (SSSR count). The van der Waals surface area contributed by atoms with Gasteiger partial charge in [-0.2, -0.15) is 0 Å². The number of rotatable bonds is 3. The van der Waals surface area contributed by atoms with Gasteiger partial charge < -0.3 is 0 Å². The predicted molar refractivity (Wildman–Crippen MR) is 48.1 cm³/mol. The second-order valence-electron chi connectivity index (χ2n) is 2.96. The maximum absolute atomic E-state index is 2.28. The molecule has 0 aliphatic carbocycles. The molecule has 0 heteroatoms. The van der Waals surface area contributed by atoms with Crippen LogP contribution >= 0.6 is 0 Å². The Kier molecular flexibility index (Phi) is 5.00. The highest BCUT2D eigenvalue weighted by Gasteiger charge is 1.84. The average Bonchev–Trinajstić information content (AvgIpc) is 1.87. The lowest BCUT2D eigenvalue weighted by atomic mass is 10.1. The van der Waals surface area contributed by atoms with Crippen LogP contribution in [0, 0.1) is 0 Å². The van der Waals surface area contributed by atoms with Gasteiger partial charge in [-0.3, -0.25) is 0 Å². The zero-order valence-corrected chi connectivity index (χ0v) is 7.57. The molecule has 0 aromatic carbocycles. The van der Waals surface area contributed by atoms with E-state index in [1.54, 1.807) is 0 Å². The Hall–Kier alpha value is -0.520. The van der Waals surface area contributed by atoms with Crippen LogP contribution in [0.3, 0.4) is 0 Å². The summed E-state index contributed by atoms with van der Waals surface area (Å²) in [6.07, 6.45) is 6.87. The van der Waals surface area contributed by atoms with Crippen molar-refractivity contribution in [3.05, 3.63) is 23.3 Å². The highest BCUT2D eigenvalue weighted by atomic mass is 13.9. The van der Waals surface area contributed by atoms with Crippen LogP contribution in [-0.4, -0.2) is 0 Å². The zero-order chi connectivity index (χ0) is 7.98. The molecule has 0 saturated heterocycles. The molecule has 0 bridgehead atoms. The van der Waals surface area contributed by atoms with Gasteiger partial charge in [-0.1, -0.05) is 23.3 Å². The van der Waals surface area contributed by atoms with E-state index in [4.69, 9.17) is 0 Å². The fourth-order valence-corrected chi connectivity index (χ4v) is 0.733. The number of hydrogen-bond acceptors (Lipinski definition) is 0. The summed E-state index contributed by atoms with van der Waals surface area (Å²) in [5, 5.41) is 0. The molecule has 0 radical (unpaired) electrons. The quantitative estimate of drug-likeness (QED) is 0.522. The summed E-state index contributed by atoms with van der Waals surface area (Å²) in [7, 11) is 0. The molecule has 0 atom stereocenters. The molecule has 0 aromatic heterocycles. The third-order valence-corrected chi connectivity index (χ3v) is 1.58. The molecule has 0 saturated carbocycles. The monoisotopic (exact) mass is 138 g/mol. The van der Waals surface area contributed by atoms with Gasteiger partial charge in [-0.05, 0) is 40.5 Å². The molecule has 0 nitrogen and oxygen atoms in total. The van der Waals surface area contributed by atoms with Gasteiger partial charge in [0.05, 0.1) is 0 Å². The van der Waals surface area contributed by atoms with Crippen LogP contribution in [0.5, 0.6) is 0 Å². The summed E-state index contributed by atoms with van der Waals surface area (Å²) in [5.74, 6) is 0. The van der Waals surface area contributed by atoms with Crippen molar-refractivity contribution in [3.63, 3.8) is 0 Å². The molecule has 0 aliphatic heterocycles. The van der Waals surface area contributed by atoms with Crippen molar-refractivity contribution in [1.29, 1.82) is 0 Å². The molecule has 0 unspecified atom stereocenters. The minimum absolute atomic E-state index is 1.19. The Morgan fingerprint density at radius 1 is 1.20 bits per heavy atom. The summed E-state index contributed by atoms with van der Waals surface area (Å²) in [5.41, 5.74) is 2.90. The number of allylic oxidation sites excluding steroid dienone is 4. The molecule has 10 heavy (non-hydrogen) atoms.